The standard InChI is InChI=1S/C10H16N4O/c1-10(4-5-15-6-10)14-8-3-2-7(11)9(12)13-8/h2-3H,4-6,11H2,1H3,(H3,12,13,14). The molecule has 0 radical (unpaired) electrons. The summed E-state index contributed by atoms with van der Waals surface area (Å²) >= 11 is 0. The van der Waals surface area contributed by atoms with Crippen LogP contribution in [-0.4, -0.2) is 23.7 Å². The van der Waals surface area contributed by atoms with Crippen LogP contribution in [0.4, 0.5) is 17.3 Å². The normalized spacial score (nSPS) is 25.4. The monoisotopic (exact) mass is 208 g/mol. The fraction of sp³-hybridized carbons (Fsp3) is 0.500. The number of aromatic nitrogens is 1. The molecule has 0 spiro atoms. The number of nitrogen functional groups attached to an aromatic ring is 2. The van der Waals surface area contributed by atoms with Gasteiger partial charge in [-0.2, -0.15) is 0 Å². The number of hydrogen-bond donors (Lipinski definition) is 3. The summed E-state index contributed by atoms with van der Waals surface area (Å²) in [7, 11) is 0. The third-order valence-corrected chi connectivity index (χ3v) is 2.61. The van der Waals surface area contributed by atoms with Gasteiger partial charge in [0.2, 0.25) is 0 Å². The first kappa shape index (κ1) is 10.0. The van der Waals surface area contributed by atoms with Gasteiger partial charge in [-0.1, -0.05) is 0 Å². The lowest BCUT2D eigenvalue weighted by molar-refractivity contribution is 0.185. The van der Waals surface area contributed by atoms with Gasteiger partial charge in [-0.15, -0.1) is 0 Å². The Bertz CT molecular complexity index is 360. The van der Waals surface area contributed by atoms with Crippen molar-refractivity contribution in [1.82, 2.24) is 4.98 Å². The van der Waals surface area contributed by atoms with Crippen LogP contribution in [0.2, 0.25) is 0 Å². The Balaban J connectivity index is 2.13. The summed E-state index contributed by atoms with van der Waals surface area (Å²) < 4.78 is 5.34. The minimum atomic E-state index is -0.0461. The largest absolute Gasteiger partial charge is 0.396 e. The molecular weight excluding hydrogens is 192 g/mol. The molecule has 5 N–H and O–H groups in total. The lowest BCUT2D eigenvalue weighted by Gasteiger charge is -2.24. The molecule has 1 aliphatic rings. The summed E-state index contributed by atoms with van der Waals surface area (Å²) in [5.74, 6) is 1.11. The van der Waals surface area contributed by atoms with Crippen molar-refractivity contribution in [2.24, 2.45) is 0 Å². The Kier molecular flexibility index (Phi) is 2.40. The van der Waals surface area contributed by atoms with Crippen LogP contribution in [0.25, 0.3) is 0 Å². The van der Waals surface area contributed by atoms with Gasteiger partial charge in [-0.3, -0.25) is 0 Å². The van der Waals surface area contributed by atoms with Gasteiger partial charge in [0.25, 0.3) is 0 Å². The summed E-state index contributed by atoms with van der Waals surface area (Å²) in [4.78, 5) is 4.17. The molecule has 1 aliphatic heterocycles. The van der Waals surface area contributed by atoms with Crippen LogP contribution in [0.3, 0.4) is 0 Å². The molecule has 1 saturated heterocycles. The molecule has 1 aromatic heterocycles. The maximum absolute atomic E-state index is 5.63. The van der Waals surface area contributed by atoms with Gasteiger partial charge in [-0.05, 0) is 25.5 Å². The maximum atomic E-state index is 5.63. The number of pyridine rings is 1. The van der Waals surface area contributed by atoms with E-state index < -0.39 is 0 Å². The fourth-order valence-corrected chi connectivity index (χ4v) is 1.63. The minimum Gasteiger partial charge on any atom is -0.396 e. The van der Waals surface area contributed by atoms with E-state index in [1.165, 1.54) is 0 Å². The molecular formula is C10H16N4O. The van der Waals surface area contributed by atoms with Gasteiger partial charge < -0.3 is 21.5 Å². The number of nitrogens with two attached hydrogens (primary N) is 2. The van der Waals surface area contributed by atoms with Gasteiger partial charge in [0.1, 0.15) is 11.6 Å². The number of nitrogens with one attached hydrogen (secondary N) is 1. The Morgan fingerprint density at radius 1 is 1.47 bits per heavy atom. The molecule has 82 valence electrons. The van der Waals surface area contributed by atoms with Gasteiger partial charge in [0.15, 0.2) is 0 Å². The molecule has 1 atom stereocenters. The summed E-state index contributed by atoms with van der Waals surface area (Å²) in [5, 5.41) is 3.31. The van der Waals surface area contributed by atoms with Crippen LogP contribution < -0.4 is 16.8 Å². The number of nitrogens with zero attached hydrogens (tertiary/aromatic N) is 1. The molecule has 2 rings (SSSR count). The average Bonchev–Trinajstić information content (AvgIpc) is 2.59. The van der Waals surface area contributed by atoms with Crippen LogP contribution in [0.1, 0.15) is 13.3 Å². The van der Waals surface area contributed by atoms with Crippen molar-refractivity contribution < 1.29 is 4.74 Å². The molecule has 15 heavy (non-hydrogen) atoms. The summed E-state index contributed by atoms with van der Waals surface area (Å²) in [6.45, 7) is 3.58. The lowest BCUT2D eigenvalue weighted by Crippen LogP contribution is -2.35. The van der Waals surface area contributed by atoms with E-state index in [1.54, 1.807) is 6.07 Å². The predicted octanol–water partition coefficient (Wildman–Crippen LogP) is 0.837. The highest BCUT2D eigenvalue weighted by Crippen LogP contribution is 2.24. The summed E-state index contributed by atoms with van der Waals surface area (Å²) in [5.41, 5.74) is 11.7. The van der Waals surface area contributed by atoms with Crippen LogP contribution in [-0.2, 0) is 4.74 Å². The molecule has 1 fully saturated rings. The van der Waals surface area contributed by atoms with Crippen molar-refractivity contribution in [3.8, 4) is 0 Å². The van der Waals surface area contributed by atoms with E-state index in [9.17, 15) is 0 Å². The predicted molar refractivity (Wildman–Crippen MR) is 60.5 cm³/mol. The van der Waals surface area contributed by atoms with Gasteiger partial charge in [0.05, 0.1) is 17.8 Å². The molecule has 5 heteroatoms. The second-order valence-corrected chi connectivity index (χ2v) is 4.16. The lowest BCUT2D eigenvalue weighted by atomic mass is 10.0. The average molecular weight is 208 g/mol. The van der Waals surface area contributed by atoms with Gasteiger partial charge >= 0.3 is 0 Å². The zero-order chi connectivity index (χ0) is 10.9. The topological polar surface area (TPSA) is 86.2 Å². The number of ether oxygens (including phenoxy) is 1. The molecule has 1 aromatic rings. The van der Waals surface area contributed by atoms with Crippen LogP contribution in [0, 0.1) is 0 Å². The zero-order valence-electron chi connectivity index (χ0n) is 8.79. The highest BCUT2D eigenvalue weighted by atomic mass is 16.5. The Labute approximate surface area is 88.8 Å². The zero-order valence-corrected chi connectivity index (χ0v) is 8.79. The first-order valence-corrected chi connectivity index (χ1v) is 4.97. The van der Waals surface area contributed by atoms with Crippen molar-refractivity contribution in [3.63, 3.8) is 0 Å². The molecule has 0 bridgehead atoms. The van der Waals surface area contributed by atoms with Crippen molar-refractivity contribution in [2.45, 2.75) is 18.9 Å². The van der Waals surface area contributed by atoms with Gasteiger partial charge in [-0.25, -0.2) is 4.98 Å². The second-order valence-electron chi connectivity index (χ2n) is 4.16. The quantitative estimate of drug-likeness (QED) is 0.670. The number of rotatable bonds is 2. The van der Waals surface area contributed by atoms with Crippen LogP contribution >= 0.6 is 0 Å². The number of anilines is 3. The third kappa shape index (κ3) is 2.12. The van der Waals surface area contributed by atoms with E-state index >= 15 is 0 Å². The van der Waals surface area contributed by atoms with E-state index in [1.807, 2.05) is 6.07 Å². The molecule has 0 amide bonds. The molecule has 0 aliphatic carbocycles. The van der Waals surface area contributed by atoms with E-state index in [2.05, 4.69) is 17.2 Å². The number of hydrogen-bond acceptors (Lipinski definition) is 5. The van der Waals surface area contributed by atoms with E-state index in [-0.39, 0.29) is 5.54 Å². The van der Waals surface area contributed by atoms with Crippen molar-refractivity contribution in [2.75, 3.05) is 30.0 Å². The van der Waals surface area contributed by atoms with Crippen molar-refractivity contribution in [3.05, 3.63) is 12.1 Å². The molecule has 5 nitrogen and oxygen atoms in total. The van der Waals surface area contributed by atoms with E-state index in [4.69, 9.17) is 16.2 Å². The van der Waals surface area contributed by atoms with Crippen LogP contribution in [0.5, 0.6) is 0 Å². The summed E-state index contributed by atoms with van der Waals surface area (Å²) in [6, 6.07) is 3.58. The van der Waals surface area contributed by atoms with E-state index in [0.717, 1.165) is 18.8 Å². The first-order valence-electron chi connectivity index (χ1n) is 4.97. The highest BCUT2D eigenvalue weighted by molar-refractivity contribution is 5.61. The van der Waals surface area contributed by atoms with Gasteiger partial charge in [0, 0.05) is 6.61 Å². The second kappa shape index (κ2) is 3.58. The van der Waals surface area contributed by atoms with Crippen molar-refractivity contribution >= 4 is 17.3 Å². The fourth-order valence-electron chi connectivity index (χ4n) is 1.63. The summed E-state index contributed by atoms with van der Waals surface area (Å²) in [6.07, 6.45) is 0.971. The first-order chi connectivity index (χ1) is 7.09. The Morgan fingerprint density at radius 2 is 2.27 bits per heavy atom. The van der Waals surface area contributed by atoms with Crippen molar-refractivity contribution in [1.29, 1.82) is 0 Å². The SMILES string of the molecule is CC1(Nc2ccc(N)c(N)n2)CCOC1. The Morgan fingerprint density at radius 3 is 2.87 bits per heavy atom. The third-order valence-electron chi connectivity index (χ3n) is 2.61. The molecule has 0 aromatic carbocycles. The highest BCUT2D eigenvalue weighted by Gasteiger charge is 2.29. The minimum absolute atomic E-state index is 0.0461. The van der Waals surface area contributed by atoms with E-state index in [0.29, 0.717) is 18.1 Å². The van der Waals surface area contributed by atoms with Crippen LogP contribution in [0.15, 0.2) is 12.1 Å². The maximum Gasteiger partial charge on any atom is 0.149 e. The molecule has 2 heterocycles. The smallest absolute Gasteiger partial charge is 0.149 e. The molecule has 0 saturated carbocycles. The Hall–Kier alpha value is -1.49. The molecule has 1 unspecified atom stereocenters.